The Kier molecular flexibility index (Phi) is 5.27. The number of hydrogen-bond acceptors (Lipinski definition) is 6. The van der Waals surface area contributed by atoms with Gasteiger partial charge in [0, 0.05) is 61.5 Å². The van der Waals surface area contributed by atoms with E-state index >= 15 is 0 Å². The molecular formula is C16H23N3O3S. The Morgan fingerprint density at radius 2 is 1.91 bits per heavy atom. The van der Waals surface area contributed by atoms with E-state index in [1.54, 1.807) is 12.1 Å². The van der Waals surface area contributed by atoms with Crippen LogP contribution in [0.4, 0.5) is 11.4 Å². The van der Waals surface area contributed by atoms with Crippen molar-refractivity contribution in [2.24, 2.45) is 0 Å². The van der Waals surface area contributed by atoms with Crippen LogP contribution in [0.2, 0.25) is 0 Å². The van der Waals surface area contributed by atoms with E-state index < -0.39 is 4.92 Å². The van der Waals surface area contributed by atoms with Crippen LogP contribution < -0.4 is 9.64 Å². The average molecular weight is 337 g/mol. The minimum Gasteiger partial charge on any atom is -0.490 e. The zero-order valence-electron chi connectivity index (χ0n) is 13.4. The third kappa shape index (κ3) is 3.72. The maximum atomic E-state index is 11.0. The van der Waals surface area contributed by atoms with Crippen LogP contribution >= 0.6 is 11.8 Å². The van der Waals surface area contributed by atoms with Crippen LogP contribution in [0.15, 0.2) is 18.2 Å². The Balaban J connectivity index is 1.64. The fraction of sp³-hybridized carbons (Fsp3) is 0.625. The maximum Gasteiger partial charge on any atom is 0.311 e. The van der Waals surface area contributed by atoms with E-state index in [9.17, 15) is 10.1 Å². The van der Waals surface area contributed by atoms with Gasteiger partial charge in [0.15, 0.2) is 5.75 Å². The zero-order valence-corrected chi connectivity index (χ0v) is 14.3. The maximum absolute atomic E-state index is 11.0. The van der Waals surface area contributed by atoms with Crippen molar-refractivity contribution in [1.82, 2.24) is 4.90 Å². The Morgan fingerprint density at radius 1 is 1.22 bits per heavy atom. The van der Waals surface area contributed by atoms with Crippen molar-refractivity contribution in [3.05, 3.63) is 28.3 Å². The molecule has 0 spiro atoms. The van der Waals surface area contributed by atoms with E-state index in [4.69, 9.17) is 4.74 Å². The van der Waals surface area contributed by atoms with Crippen molar-refractivity contribution in [2.45, 2.75) is 18.9 Å². The van der Waals surface area contributed by atoms with Gasteiger partial charge in [-0.2, -0.15) is 11.8 Å². The molecule has 0 amide bonds. The third-order valence-corrected chi connectivity index (χ3v) is 5.69. The second-order valence-corrected chi connectivity index (χ2v) is 7.20. The number of nitro benzene ring substituents is 1. The van der Waals surface area contributed by atoms with Gasteiger partial charge in [0.1, 0.15) is 0 Å². The molecular weight excluding hydrogens is 314 g/mol. The molecule has 1 aromatic carbocycles. The minimum absolute atomic E-state index is 0.0250. The molecule has 2 saturated heterocycles. The second-order valence-electron chi connectivity index (χ2n) is 5.98. The van der Waals surface area contributed by atoms with Crippen LogP contribution in [-0.4, -0.2) is 60.7 Å². The lowest BCUT2D eigenvalue weighted by molar-refractivity contribution is -0.385. The van der Waals surface area contributed by atoms with Gasteiger partial charge >= 0.3 is 5.69 Å². The first-order valence-electron chi connectivity index (χ1n) is 8.08. The van der Waals surface area contributed by atoms with E-state index in [1.165, 1.54) is 31.7 Å². The van der Waals surface area contributed by atoms with Gasteiger partial charge in [-0.25, -0.2) is 0 Å². The average Bonchev–Trinajstić information content (AvgIpc) is 2.62. The van der Waals surface area contributed by atoms with Gasteiger partial charge in [0.05, 0.1) is 12.0 Å². The topological polar surface area (TPSA) is 58.8 Å². The molecule has 0 atom stereocenters. The first-order chi connectivity index (χ1) is 11.2. The fourth-order valence-corrected chi connectivity index (χ4v) is 4.38. The quantitative estimate of drug-likeness (QED) is 0.622. The van der Waals surface area contributed by atoms with Gasteiger partial charge in [-0.05, 0) is 18.9 Å². The van der Waals surface area contributed by atoms with E-state index in [2.05, 4.69) is 9.80 Å². The summed E-state index contributed by atoms with van der Waals surface area (Å²) in [6, 6.07) is 5.85. The number of methoxy groups -OCH3 is 1. The Morgan fingerprint density at radius 3 is 2.52 bits per heavy atom. The van der Waals surface area contributed by atoms with Gasteiger partial charge in [-0.3, -0.25) is 15.0 Å². The third-order valence-electron chi connectivity index (χ3n) is 4.75. The Hall–Kier alpha value is -1.47. The molecule has 126 valence electrons. The molecule has 2 aliphatic heterocycles. The van der Waals surface area contributed by atoms with Crippen LogP contribution in [0, 0.1) is 10.1 Å². The highest BCUT2D eigenvalue weighted by Gasteiger charge is 2.26. The van der Waals surface area contributed by atoms with Crippen molar-refractivity contribution >= 4 is 23.1 Å². The summed E-state index contributed by atoms with van der Waals surface area (Å²) < 4.78 is 5.18. The summed E-state index contributed by atoms with van der Waals surface area (Å²) >= 11 is 2.05. The molecule has 1 aromatic rings. The number of nitrogens with zero attached hydrogens (tertiary/aromatic N) is 3. The van der Waals surface area contributed by atoms with Crippen LogP contribution in [0.3, 0.4) is 0 Å². The summed E-state index contributed by atoms with van der Waals surface area (Å²) in [7, 11) is 1.48. The highest BCUT2D eigenvalue weighted by molar-refractivity contribution is 7.99. The number of thioether (sulfide) groups is 1. The van der Waals surface area contributed by atoms with Gasteiger partial charge in [0.25, 0.3) is 0 Å². The molecule has 2 aliphatic rings. The van der Waals surface area contributed by atoms with Gasteiger partial charge in [0.2, 0.25) is 0 Å². The van der Waals surface area contributed by atoms with Crippen molar-refractivity contribution < 1.29 is 9.66 Å². The number of nitro groups is 1. The molecule has 23 heavy (non-hydrogen) atoms. The molecule has 2 fully saturated rings. The zero-order chi connectivity index (χ0) is 16.2. The summed E-state index contributed by atoms with van der Waals surface area (Å²) in [4.78, 5) is 15.5. The molecule has 0 radical (unpaired) electrons. The fourth-order valence-electron chi connectivity index (χ4n) is 3.45. The minimum atomic E-state index is -0.400. The Labute approximate surface area is 140 Å². The summed E-state index contributed by atoms with van der Waals surface area (Å²) in [5, 5.41) is 11.0. The smallest absolute Gasteiger partial charge is 0.311 e. The summed E-state index contributed by atoms with van der Waals surface area (Å²) in [5.74, 6) is 2.84. The largest absolute Gasteiger partial charge is 0.490 e. The number of ether oxygens (including phenoxy) is 1. The first-order valence-corrected chi connectivity index (χ1v) is 9.23. The van der Waals surface area contributed by atoms with Crippen molar-refractivity contribution in [3.63, 3.8) is 0 Å². The monoisotopic (exact) mass is 337 g/mol. The van der Waals surface area contributed by atoms with E-state index in [0.717, 1.165) is 31.6 Å². The lowest BCUT2D eigenvalue weighted by Crippen LogP contribution is -2.47. The predicted octanol–water partition coefficient (Wildman–Crippen LogP) is 2.62. The second kappa shape index (κ2) is 7.40. The molecule has 0 bridgehead atoms. The Bertz CT molecular complexity index is 556. The van der Waals surface area contributed by atoms with Gasteiger partial charge < -0.3 is 9.64 Å². The normalized spacial score (nSPS) is 20.5. The van der Waals surface area contributed by atoms with Gasteiger partial charge in [-0.1, -0.05) is 0 Å². The number of benzene rings is 1. The van der Waals surface area contributed by atoms with Crippen LogP contribution in [-0.2, 0) is 0 Å². The summed E-state index contributed by atoms with van der Waals surface area (Å²) in [6.07, 6.45) is 2.31. The first kappa shape index (κ1) is 16.4. The highest BCUT2D eigenvalue weighted by Crippen LogP contribution is 2.33. The molecule has 2 heterocycles. The van der Waals surface area contributed by atoms with Crippen molar-refractivity contribution in [2.75, 3.05) is 49.7 Å². The number of rotatable bonds is 4. The van der Waals surface area contributed by atoms with Crippen molar-refractivity contribution in [1.29, 1.82) is 0 Å². The predicted molar refractivity (Wildman–Crippen MR) is 93.8 cm³/mol. The number of hydrogen-bond donors (Lipinski definition) is 0. The molecule has 0 N–H and O–H groups in total. The van der Waals surface area contributed by atoms with Crippen LogP contribution in [0.5, 0.6) is 5.75 Å². The van der Waals surface area contributed by atoms with Crippen molar-refractivity contribution in [3.8, 4) is 5.75 Å². The SMILES string of the molecule is COc1cc(N2CCC(N3CCSCC3)CC2)ccc1[N+](=O)[O-]. The molecule has 6 nitrogen and oxygen atoms in total. The van der Waals surface area contributed by atoms with E-state index in [-0.39, 0.29) is 5.69 Å². The van der Waals surface area contributed by atoms with E-state index in [0.29, 0.717) is 11.8 Å². The molecule has 0 unspecified atom stereocenters. The summed E-state index contributed by atoms with van der Waals surface area (Å²) in [6.45, 7) is 4.41. The standard InChI is InChI=1S/C16H23N3O3S/c1-22-16-12-14(2-3-15(16)19(20)21)17-6-4-13(5-7-17)18-8-10-23-11-9-18/h2-3,12-13H,4-11H2,1H3. The number of piperidine rings is 1. The lowest BCUT2D eigenvalue weighted by Gasteiger charge is -2.40. The molecule has 0 aromatic heterocycles. The van der Waals surface area contributed by atoms with E-state index in [1.807, 2.05) is 17.8 Å². The molecule has 0 saturated carbocycles. The lowest BCUT2D eigenvalue weighted by atomic mass is 10.0. The number of anilines is 1. The highest BCUT2D eigenvalue weighted by atomic mass is 32.2. The molecule has 3 rings (SSSR count). The molecule has 0 aliphatic carbocycles. The van der Waals surface area contributed by atoms with Crippen LogP contribution in [0.1, 0.15) is 12.8 Å². The summed E-state index contributed by atoms with van der Waals surface area (Å²) in [5.41, 5.74) is 1.04. The van der Waals surface area contributed by atoms with Crippen LogP contribution in [0.25, 0.3) is 0 Å². The van der Waals surface area contributed by atoms with Gasteiger partial charge in [-0.15, -0.1) is 0 Å². The molecule has 7 heteroatoms.